The number of hydrogen-bond donors (Lipinski definition) is 0. The summed E-state index contributed by atoms with van der Waals surface area (Å²) in [4.78, 5) is 30.1. The minimum absolute atomic E-state index is 0.0734. The third-order valence-corrected chi connectivity index (χ3v) is 9.67. The second-order valence-corrected chi connectivity index (χ2v) is 11.2. The fourth-order valence-electron chi connectivity index (χ4n) is 7.07. The molecule has 2 aliphatic heterocycles. The minimum atomic E-state index is -1.14. The van der Waals surface area contributed by atoms with E-state index in [1.807, 2.05) is 23.1 Å². The summed E-state index contributed by atoms with van der Waals surface area (Å²) < 4.78 is 7.95. The number of rotatable bonds is 2. The van der Waals surface area contributed by atoms with Crippen molar-refractivity contribution in [3.8, 4) is 0 Å². The van der Waals surface area contributed by atoms with Crippen LogP contribution in [0.15, 0.2) is 54.6 Å². The van der Waals surface area contributed by atoms with Gasteiger partial charge in [0.15, 0.2) is 5.41 Å². The number of ether oxygens (including phenoxy) is 1. The first-order valence-electron chi connectivity index (χ1n) is 12.3. The Labute approximate surface area is 200 Å². The highest BCUT2D eigenvalue weighted by Gasteiger charge is 2.72. The van der Waals surface area contributed by atoms with Gasteiger partial charge in [0.1, 0.15) is 0 Å². The molecule has 34 heavy (non-hydrogen) atoms. The van der Waals surface area contributed by atoms with Crippen LogP contribution < -0.4 is 0 Å². The zero-order chi connectivity index (χ0) is 23.9. The third-order valence-electron chi connectivity index (χ3n) is 9.67. The van der Waals surface area contributed by atoms with E-state index in [4.69, 9.17) is 4.74 Å². The maximum absolute atomic E-state index is 14.6. The number of hydrogen-bond acceptors (Lipinski definition) is 3. The van der Waals surface area contributed by atoms with Gasteiger partial charge >= 0.3 is 5.97 Å². The van der Waals surface area contributed by atoms with E-state index in [1.165, 1.54) is 16.5 Å². The van der Waals surface area contributed by atoms with Crippen LogP contribution in [0.4, 0.5) is 0 Å². The number of carbonyl (C=O) groups is 2. The highest BCUT2D eigenvalue weighted by atomic mass is 16.5. The molecule has 3 aliphatic rings. The van der Waals surface area contributed by atoms with E-state index >= 15 is 0 Å². The van der Waals surface area contributed by atoms with E-state index in [9.17, 15) is 9.59 Å². The molecule has 0 N–H and O–H groups in total. The van der Waals surface area contributed by atoms with Gasteiger partial charge in [0.2, 0.25) is 5.91 Å². The van der Waals surface area contributed by atoms with Crippen molar-refractivity contribution in [1.29, 1.82) is 0 Å². The zero-order valence-electron chi connectivity index (χ0n) is 20.4. The molecular formula is C29H32N2O3. The number of para-hydroxylation sites is 1. The Kier molecular flexibility index (Phi) is 4.40. The van der Waals surface area contributed by atoms with Crippen molar-refractivity contribution in [2.24, 2.45) is 23.3 Å². The number of amides is 1. The Morgan fingerprint density at radius 3 is 2.47 bits per heavy atom. The highest BCUT2D eigenvalue weighted by molar-refractivity contribution is 6.05. The first-order valence-corrected chi connectivity index (χ1v) is 12.3. The molecular weight excluding hydrogens is 424 g/mol. The molecule has 2 aromatic carbocycles. The molecule has 1 amide bonds. The maximum Gasteiger partial charge on any atom is 0.322 e. The van der Waals surface area contributed by atoms with Crippen molar-refractivity contribution in [3.63, 3.8) is 0 Å². The van der Waals surface area contributed by atoms with Gasteiger partial charge in [-0.3, -0.25) is 9.59 Å². The summed E-state index contributed by atoms with van der Waals surface area (Å²) in [5.41, 5.74) is 2.87. The summed E-state index contributed by atoms with van der Waals surface area (Å²) in [6, 6.07) is 18.5. The lowest BCUT2D eigenvalue weighted by atomic mass is 9.57. The van der Waals surface area contributed by atoms with Gasteiger partial charge in [-0.1, -0.05) is 69.3 Å². The van der Waals surface area contributed by atoms with Gasteiger partial charge in [-0.15, -0.1) is 0 Å². The van der Waals surface area contributed by atoms with Crippen molar-refractivity contribution < 1.29 is 14.3 Å². The first-order chi connectivity index (χ1) is 16.2. The second kappa shape index (κ2) is 6.97. The molecule has 1 saturated carbocycles. The summed E-state index contributed by atoms with van der Waals surface area (Å²) in [6.45, 7) is 7.34. The summed E-state index contributed by atoms with van der Waals surface area (Å²) in [7, 11) is 2.09. The molecule has 0 radical (unpaired) electrons. The van der Waals surface area contributed by atoms with Crippen LogP contribution in [0.2, 0.25) is 0 Å². The molecule has 2 fully saturated rings. The van der Waals surface area contributed by atoms with Crippen LogP contribution in [-0.2, 0) is 27.8 Å². The Balaban J connectivity index is 1.55. The van der Waals surface area contributed by atoms with Gasteiger partial charge in [0.25, 0.3) is 0 Å². The molecule has 5 heteroatoms. The summed E-state index contributed by atoms with van der Waals surface area (Å²) in [5, 5.41) is 1.25. The van der Waals surface area contributed by atoms with Gasteiger partial charge in [-0.2, -0.15) is 0 Å². The molecule has 3 atom stereocenters. The van der Waals surface area contributed by atoms with Crippen molar-refractivity contribution in [2.75, 3.05) is 13.2 Å². The Bertz CT molecular complexity index is 1320. The maximum atomic E-state index is 14.6. The number of cyclic esters (lactones) is 1. The average Bonchev–Trinajstić information content (AvgIpc) is 3.18. The number of aromatic nitrogens is 1. The van der Waals surface area contributed by atoms with Crippen LogP contribution in [0.3, 0.4) is 0 Å². The number of carbonyl (C=O) groups excluding carboxylic acids is 2. The SMILES string of the molecule is Cn1c2c(c3ccccc31)CCN(C(=O)[C@@]13CC[C@@](C)(COC1=O)C3(C)C)[C@H]2c1ccccc1. The lowest BCUT2D eigenvalue weighted by Gasteiger charge is -2.52. The van der Waals surface area contributed by atoms with Gasteiger partial charge in [-0.05, 0) is 41.9 Å². The zero-order valence-corrected chi connectivity index (χ0v) is 20.4. The molecule has 1 saturated heterocycles. The van der Waals surface area contributed by atoms with E-state index in [1.54, 1.807) is 0 Å². The molecule has 1 aromatic heterocycles. The molecule has 2 bridgehead atoms. The molecule has 1 aliphatic carbocycles. The van der Waals surface area contributed by atoms with Crippen molar-refractivity contribution >= 4 is 22.8 Å². The Morgan fingerprint density at radius 1 is 1.00 bits per heavy atom. The van der Waals surface area contributed by atoms with Gasteiger partial charge in [0, 0.05) is 35.6 Å². The predicted octanol–water partition coefficient (Wildman–Crippen LogP) is 5.02. The van der Waals surface area contributed by atoms with Crippen molar-refractivity contribution in [2.45, 2.75) is 46.1 Å². The summed E-state index contributed by atoms with van der Waals surface area (Å²) >= 11 is 0. The Hall–Kier alpha value is -3.08. The lowest BCUT2D eigenvalue weighted by Crippen LogP contribution is -2.62. The minimum Gasteiger partial charge on any atom is -0.464 e. The number of nitrogens with zero attached hydrogens (tertiary/aromatic N) is 2. The number of aryl methyl sites for hydroxylation is 1. The first kappa shape index (κ1) is 21.5. The van der Waals surface area contributed by atoms with Crippen molar-refractivity contribution in [1.82, 2.24) is 9.47 Å². The summed E-state index contributed by atoms with van der Waals surface area (Å²) in [6.07, 6.45) is 2.14. The quantitative estimate of drug-likeness (QED) is 0.402. The normalized spacial score (nSPS) is 29.7. The highest BCUT2D eigenvalue weighted by Crippen LogP contribution is 2.66. The van der Waals surface area contributed by atoms with Gasteiger partial charge < -0.3 is 14.2 Å². The van der Waals surface area contributed by atoms with E-state index in [2.05, 4.69) is 68.8 Å². The molecule has 5 nitrogen and oxygen atoms in total. The lowest BCUT2D eigenvalue weighted by molar-refractivity contribution is -0.194. The van der Waals surface area contributed by atoms with E-state index in [-0.39, 0.29) is 23.3 Å². The smallest absolute Gasteiger partial charge is 0.322 e. The monoisotopic (exact) mass is 456 g/mol. The third kappa shape index (κ3) is 2.45. The standard InChI is InChI=1S/C29H32N2O3/c1-27(2)28(3)15-16-29(27,26(33)34-18-28)25(32)31-17-14-21-20-12-8-9-13-22(20)30(4)24(21)23(31)19-10-6-5-7-11-19/h5-13,23H,14-18H2,1-4H3/t23-,28-,29-/m0/s1. The van der Waals surface area contributed by atoms with Crippen molar-refractivity contribution in [3.05, 3.63) is 71.4 Å². The van der Waals surface area contributed by atoms with Gasteiger partial charge in [0.05, 0.1) is 12.6 Å². The largest absolute Gasteiger partial charge is 0.464 e. The molecule has 6 rings (SSSR count). The number of fused-ring (bicyclic) bond motifs is 5. The van der Waals surface area contributed by atoms with Gasteiger partial charge in [-0.25, -0.2) is 0 Å². The van der Waals surface area contributed by atoms with E-state index in [0.29, 0.717) is 19.6 Å². The number of esters is 1. The van der Waals surface area contributed by atoms with Crippen LogP contribution in [0.5, 0.6) is 0 Å². The predicted molar refractivity (Wildman–Crippen MR) is 131 cm³/mol. The molecule has 3 aromatic rings. The molecule has 176 valence electrons. The van der Waals surface area contributed by atoms with Crippen LogP contribution in [0.1, 0.15) is 56.5 Å². The van der Waals surface area contributed by atoms with Crippen LogP contribution in [0, 0.1) is 16.2 Å². The van der Waals surface area contributed by atoms with Crippen LogP contribution in [0.25, 0.3) is 10.9 Å². The van der Waals surface area contributed by atoms with E-state index in [0.717, 1.165) is 24.1 Å². The topological polar surface area (TPSA) is 51.5 Å². The molecule has 0 spiro atoms. The number of benzene rings is 2. The fourth-order valence-corrected chi connectivity index (χ4v) is 7.07. The van der Waals surface area contributed by atoms with Crippen LogP contribution in [-0.4, -0.2) is 34.5 Å². The fraction of sp³-hybridized carbons (Fsp3) is 0.448. The average molecular weight is 457 g/mol. The van der Waals surface area contributed by atoms with E-state index < -0.39 is 10.8 Å². The Morgan fingerprint density at radius 2 is 1.71 bits per heavy atom. The molecule has 3 heterocycles. The van der Waals surface area contributed by atoms with Crippen LogP contribution >= 0.6 is 0 Å². The molecule has 0 unspecified atom stereocenters. The second-order valence-electron chi connectivity index (χ2n) is 11.2. The summed E-state index contributed by atoms with van der Waals surface area (Å²) in [5.74, 6) is -0.414.